The summed E-state index contributed by atoms with van der Waals surface area (Å²) in [5.74, 6) is 0.613. The molecule has 0 unspecified atom stereocenters. The van der Waals surface area contributed by atoms with Gasteiger partial charge in [0.25, 0.3) is 0 Å². The van der Waals surface area contributed by atoms with E-state index in [0.717, 1.165) is 24.7 Å². The summed E-state index contributed by atoms with van der Waals surface area (Å²) in [7, 11) is 0. The Labute approximate surface area is 119 Å². The molecule has 5 nitrogen and oxygen atoms in total. The normalized spacial score (nSPS) is 22.7. The van der Waals surface area contributed by atoms with Gasteiger partial charge in [-0.2, -0.15) is 0 Å². The van der Waals surface area contributed by atoms with E-state index in [1.807, 2.05) is 12.1 Å². The molecule has 2 heterocycles. The average Bonchev–Trinajstić information content (AvgIpc) is 3.23. The van der Waals surface area contributed by atoms with E-state index in [1.54, 1.807) is 12.4 Å². The molecule has 2 amide bonds. The second kappa shape index (κ2) is 6.22. The van der Waals surface area contributed by atoms with Crippen LogP contribution in [-0.4, -0.2) is 41.6 Å². The number of hydrogen-bond acceptors (Lipinski definition) is 3. The summed E-state index contributed by atoms with van der Waals surface area (Å²) in [5.41, 5.74) is 1.07. The molecule has 3 rings (SSSR count). The number of likely N-dealkylation sites (tertiary alicyclic amines) is 1. The van der Waals surface area contributed by atoms with Crippen molar-refractivity contribution in [2.45, 2.75) is 31.8 Å². The van der Waals surface area contributed by atoms with Crippen LogP contribution in [0.4, 0.5) is 4.79 Å². The Balaban J connectivity index is 1.33. The molecular weight excluding hydrogens is 252 g/mol. The lowest BCUT2D eigenvalue weighted by Gasteiger charge is -2.15. The molecule has 0 aromatic carbocycles. The van der Waals surface area contributed by atoms with Crippen LogP contribution in [0.3, 0.4) is 0 Å². The minimum Gasteiger partial charge on any atom is -0.338 e. The first-order valence-electron chi connectivity index (χ1n) is 7.46. The van der Waals surface area contributed by atoms with E-state index in [4.69, 9.17) is 0 Å². The number of hydrogen-bond donors (Lipinski definition) is 2. The van der Waals surface area contributed by atoms with E-state index in [1.165, 1.54) is 25.8 Å². The van der Waals surface area contributed by atoms with Crippen molar-refractivity contribution in [2.75, 3.05) is 19.6 Å². The second-order valence-electron chi connectivity index (χ2n) is 5.80. The molecule has 5 heteroatoms. The largest absolute Gasteiger partial charge is 0.338 e. The van der Waals surface area contributed by atoms with Gasteiger partial charge in [-0.1, -0.05) is 0 Å². The van der Waals surface area contributed by atoms with E-state index >= 15 is 0 Å². The van der Waals surface area contributed by atoms with Gasteiger partial charge in [-0.15, -0.1) is 0 Å². The van der Waals surface area contributed by atoms with Crippen LogP contribution in [-0.2, 0) is 6.54 Å². The summed E-state index contributed by atoms with van der Waals surface area (Å²) in [6.45, 7) is 3.68. The van der Waals surface area contributed by atoms with Gasteiger partial charge in [0.15, 0.2) is 0 Å². The molecule has 1 aliphatic carbocycles. The lowest BCUT2D eigenvalue weighted by Crippen LogP contribution is -2.38. The van der Waals surface area contributed by atoms with Gasteiger partial charge in [-0.25, -0.2) is 4.79 Å². The van der Waals surface area contributed by atoms with Crippen LogP contribution in [0, 0.1) is 5.92 Å². The Morgan fingerprint density at radius 1 is 1.25 bits per heavy atom. The minimum atomic E-state index is -0.0771. The Hall–Kier alpha value is -1.62. The van der Waals surface area contributed by atoms with Crippen LogP contribution in [0.15, 0.2) is 24.5 Å². The van der Waals surface area contributed by atoms with Crippen LogP contribution in [0.2, 0.25) is 0 Å². The number of nitrogens with zero attached hydrogens (tertiary/aromatic N) is 2. The number of urea groups is 1. The highest BCUT2D eigenvalue weighted by Gasteiger charge is 2.34. The molecule has 1 aliphatic heterocycles. The van der Waals surface area contributed by atoms with Gasteiger partial charge < -0.3 is 15.5 Å². The van der Waals surface area contributed by atoms with Crippen molar-refractivity contribution in [1.82, 2.24) is 20.5 Å². The number of nitrogens with one attached hydrogen (secondary N) is 2. The lowest BCUT2D eigenvalue weighted by atomic mass is 10.1. The van der Waals surface area contributed by atoms with Crippen molar-refractivity contribution in [1.29, 1.82) is 0 Å². The maximum Gasteiger partial charge on any atom is 0.315 e. The van der Waals surface area contributed by atoms with Crippen LogP contribution in [0.1, 0.15) is 24.8 Å². The number of pyridine rings is 1. The number of carbonyl (C=O) groups is 1. The van der Waals surface area contributed by atoms with Crippen molar-refractivity contribution in [3.05, 3.63) is 30.1 Å². The molecule has 0 spiro atoms. The zero-order valence-corrected chi connectivity index (χ0v) is 11.7. The first-order chi connectivity index (χ1) is 9.81. The van der Waals surface area contributed by atoms with Gasteiger partial charge in [-0.05, 0) is 49.4 Å². The topological polar surface area (TPSA) is 57.3 Å². The van der Waals surface area contributed by atoms with Gasteiger partial charge in [0, 0.05) is 38.1 Å². The predicted molar refractivity (Wildman–Crippen MR) is 77.2 cm³/mol. The van der Waals surface area contributed by atoms with Crippen molar-refractivity contribution in [3.8, 4) is 0 Å². The fraction of sp³-hybridized carbons (Fsp3) is 0.600. The standard InChI is InChI=1S/C15H22N4O/c20-15(17-9-12-3-6-16-7-4-12)18-10-13-5-8-19(11-13)14-1-2-14/h3-4,6-7,13-14H,1-2,5,8-11H2,(H2,17,18,20)/t13-/m1/s1. The van der Waals surface area contributed by atoms with Crippen LogP contribution in [0.25, 0.3) is 0 Å². The molecule has 1 aromatic rings. The van der Waals surface area contributed by atoms with E-state index in [9.17, 15) is 4.79 Å². The second-order valence-corrected chi connectivity index (χ2v) is 5.80. The van der Waals surface area contributed by atoms with E-state index in [0.29, 0.717) is 12.5 Å². The molecular formula is C15H22N4O. The molecule has 0 radical (unpaired) electrons. The summed E-state index contributed by atoms with van der Waals surface area (Å²) in [5, 5.41) is 5.86. The monoisotopic (exact) mass is 274 g/mol. The maximum atomic E-state index is 11.7. The zero-order chi connectivity index (χ0) is 13.8. The molecule has 1 atom stereocenters. The molecule has 2 fully saturated rings. The average molecular weight is 274 g/mol. The molecule has 1 aromatic heterocycles. The Kier molecular flexibility index (Phi) is 4.16. The Morgan fingerprint density at radius 2 is 2.05 bits per heavy atom. The molecule has 20 heavy (non-hydrogen) atoms. The van der Waals surface area contributed by atoms with Gasteiger partial charge in [0.05, 0.1) is 0 Å². The number of rotatable bonds is 5. The van der Waals surface area contributed by atoms with Gasteiger partial charge in [0.2, 0.25) is 0 Å². The molecule has 1 saturated heterocycles. The molecule has 2 aliphatic rings. The van der Waals surface area contributed by atoms with Crippen molar-refractivity contribution in [3.63, 3.8) is 0 Å². The first kappa shape index (κ1) is 13.4. The number of aromatic nitrogens is 1. The molecule has 108 valence electrons. The summed E-state index contributed by atoms with van der Waals surface area (Å²) < 4.78 is 0. The summed E-state index contributed by atoms with van der Waals surface area (Å²) in [6, 6.07) is 4.59. The van der Waals surface area contributed by atoms with E-state index < -0.39 is 0 Å². The van der Waals surface area contributed by atoms with Crippen molar-refractivity contribution < 1.29 is 4.79 Å². The zero-order valence-electron chi connectivity index (χ0n) is 11.7. The van der Waals surface area contributed by atoms with Crippen LogP contribution in [0.5, 0.6) is 0 Å². The van der Waals surface area contributed by atoms with E-state index in [-0.39, 0.29) is 6.03 Å². The molecule has 2 N–H and O–H groups in total. The third kappa shape index (κ3) is 3.70. The smallest absolute Gasteiger partial charge is 0.315 e. The van der Waals surface area contributed by atoms with Crippen LogP contribution >= 0.6 is 0 Å². The highest BCUT2D eigenvalue weighted by molar-refractivity contribution is 5.73. The van der Waals surface area contributed by atoms with E-state index in [2.05, 4.69) is 20.5 Å². The minimum absolute atomic E-state index is 0.0771. The quantitative estimate of drug-likeness (QED) is 0.852. The first-order valence-corrected chi connectivity index (χ1v) is 7.46. The fourth-order valence-corrected chi connectivity index (χ4v) is 2.78. The maximum absolute atomic E-state index is 11.7. The molecule has 0 bridgehead atoms. The number of carbonyl (C=O) groups excluding carboxylic acids is 1. The number of amides is 2. The Bertz CT molecular complexity index is 446. The highest BCUT2D eigenvalue weighted by atomic mass is 16.2. The highest BCUT2D eigenvalue weighted by Crippen LogP contribution is 2.31. The Morgan fingerprint density at radius 3 is 2.80 bits per heavy atom. The summed E-state index contributed by atoms with van der Waals surface area (Å²) in [6.07, 6.45) is 7.42. The molecule has 1 saturated carbocycles. The van der Waals surface area contributed by atoms with Gasteiger partial charge in [0.1, 0.15) is 0 Å². The third-order valence-corrected chi connectivity index (χ3v) is 4.13. The SMILES string of the molecule is O=C(NCc1ccncc1)NC[C@H]1CCN(C2CC2)C1. The van der Waals surface area contributed by atoms with Crippen molar-refractivity contribution in [2.24, 2.45) is 5.92 Å². The fourth-order valence-electron chi connectivity index (χ4n) is 2.78. The third-order valence-electron chi connectivity index (χ3n) is 4.13. The van der Waals surface area contributed by atoms with Crippen LogP contribution < -0.4 is 10.6 Å². The summed E-state index contributed by atoms with van der Waals surface area (Å²) >= 11 is 0. The van der Waals surface area contributed by atoms with Gasteiger partial charge in [-0.3, -0.25) is 4.98 Å². The summed E-state index contributed by atoms with van der Waals surface area (Å²) in [4.78, 5) is 18.3. The predicted octanol–water partition coefficient (Wildman–Crippen LogP) is 1.37. The van der Waals surface area contributed by atoms with Crippen molar-refractivity contribution >= 4 is 6.03 Å². The lowest BCUT2D eigenvalue weighted by molar-refractivity contribution is 0.238. The van der Waals surface area contributed by atoms with Gasteiger partial charge >= 0.3 is 6.03 Å².